The predicted molar refractivity (Wildman–Crippen MR) is 116 cm³/mol. The van der Waals surface area contributed by atoms with Crippen LogP contribution in [0.5, 0.6) is 5.75 Å². The minimum absolute atomic E-state index is 0.0943. The van der Waals surface area contributed by atoms with Gasteiger partial charge >= 0.3 is 0 Å². The predicted octanol–water partition coefficient (Wildman–Crippen LogP) is 1.76. The second-order valence-electron chi connectivity index (χ2n) is 8.48. The third-order valence-corrected chi connectivity index (χ3v) is 6.56. The topological polar surface area (TPSA) is 103 Å². The van der Waals surface area contributed by atoms with Crippen LogP contribution in [0.2, 0.25) is 0 Å². The number of carbonyl (C=O) groups is 2. The molecule has 3 aliphatic rings. The van der Waals surface area contributed by atoms with Crippen LogP contribution in [0.15, 0.2) is 42.5 Å². The lowest BCUT2D eigenvalue weighted by atomic mass is 10.1. The number of imide groups is 1. The molecule has 1 N–H and O–H groups in total. The smallest absolute Gasteiger partial charge is 0.261 e. The number of amides is 2. The van der Waals surface area contributed by atoms with Gasteiger partial charge in [0.1, 0.15) is 29.9 Å². The van der Waals surface area contributed by atoms with Gasteiger partial charge < -0.3 is 23.9 Å². The number of benzene rings is 2. The van der Waals surface area contributed by atoms with Crippen molar-refractivity contribution >= 4 is 22.8 Å². The van der Waals surface area contributed by atoms with Gasteiger partial charge in [-0.15, -0.1) is 0 Å². The molecule has 170 valence electrons. The van der Waals surface area contributed by atoms with E-state index in [-0.39, 0.29) is 43.3 Å². The summed E-state index contributed by atoms with van der Waals surface area (Å²) in [6.45, 7) is 3.30. The molecule has 0 radical (unpaired) electrons. The first-order chi connectivity index (χ1) is 16.0. The molecular formula is C24H23N3O6. The molecule has 0 saturated carbocycles. The van der Waals surface area contributed by atoms with Crippen molar-refractivity contribution in [1.82, 2.24) is 14.5 Å². The Morgan fingerprint density at radius 1 is 1.06 bits per heavy atom. The first kappa shape index (κ1) is 20.3. The highest BCUT2D eigenvalue weighted by molar-refractivity contribution is 6.21. The fourth-order valence-corrected chi connectivity index (χ4v) is 4.94. The minimum Gasteiger partial charge on any atom is -0.485 e. The van der Waals surface area contributed by atoms with Crippen LogP contribution in [-0.4, -0.2) is 69.0 Å². The SMILES string of the molecule is CCn1c(CN2C(=O)c3ccccc3C2=O)nc2ccc(O[C@H]3CO[C@H]4[C@@H]3OC[C@@H]4O)cc21. The molecule has 0 spiro atoms. The summed E-state index contributed by atoms with van der Waals surface area (Å²) in [6.07, 6.45) is -1.58. The van der Waals surface area contributed by atoms with E-state index in [1.54, 1.807) is 24.3 Å². The molecule has 4 heterocycles. The molecule has 4 atom stereocenters. The zero-order valence-corrected chi connectivity index (χ0v) is 18.0. The Balaban J connectivity index is 1.27. The summed E-state index contributed by atoms with van der Waals surface area (Å²) in [7, 11) is 0. The number of hydrogen-bond donors (Lipinski definition) is 1. The summed E-state index contributed by atoms with van der Waals surface area (Å²) in [5.74, 6) is 0.669. The molecule has 9 heteroatoms. The molecule has 1 aromatic heterocycles. The van der Waals surface area contributed by atoms with Crippen LogP contribution in [0.1, 0.15) is 33.5 Å². The van der Waals surface area contributed by atoms with E-state index in [4.69, 9.17) is 19.2 Å². The van der Waals surface area contributed by atoms with E-state index in [0.717, 1.165) is 11.0 Å². The van der Waals surface area contributed by atoms with E-state index in [1.807, 2.05) is 29.7 Å². The Kier molecular flexibility index (Phi) is 4.72. The molecule has 2 saturated heterocycles. The maximum Gasteiger partial charge on any atom is 0.261 e. The van der Waals surface area contributed by atoms with Crippen molar-refractivity contribution in [3.05, 3.63) is 59.4 Å². The largest absolute Gasteiger partial charge is 0.485 e. The van der Waals surface area contributed by atoms with Crippen molar-refractivity contribution in [2.45, 2.75) is 44.4 Å². The van der Waals surface area contributed by atoms with E-state index in [9.17, 15) is 14.7 Å². The Bertz CT molecular complexity index is 1240. The molecule has 3 aromatic rings. The number of ether oxygens (including phenoxy) is 3. The maximum absolute atomic E-state index is 12.8. The van der Waals surface area contributed by atoms with E-state index >= 15 is 0 Å². The van der Waals surface area contributed by atoms with E-state index in [0.29, 0.717) is 35.9 Å². The summed E-state index contributed by atoms with van der Waals surface area (Å²) < 4.78 is 19.4. The van der Waals surface area contributed by atoms with Crippen LogP contribution in [0.3, 0.4) is 0 Å². The molecule has 2 aromatic carbocycles. The average molecular weight is 449 g/mol. The van der Waals surface area contributed by atoms with Gasteiger partial charge in [-0.3, -0.25) is 14.5 Å². The Labute approximate surface area is 189 Å². The molecule has 33 heavy (non-hydrogen) atoms. The van der Waals surface area contributed by atoms with Crippen molar-refractivity contribution in [3.63, 3.8) is 0 Å². The van der Waals surface area contributed by atoms with Crippen LogP contribution in [0.4, 0.5) is 0 Å². The van der Waals surface area contributed by atoms with Gasteiger partial charge in [0.15, 0.2) is 6.10 Å². The number of imidazole rings is 1. The second-order valence-corrected chi connectivity index (χ2v) is 8.48. The number of carbonyl (C=O) groups excluding carboxylic acids is 2. The third kappa shape index (κ3) is 3.15. The summed E-state index contributed by atoms with van der Waals surface area (Å²) in [5.41, 5.74) is 2.45. The molecule has 3 aliphatic heterocycles. The summed E-state index contributed by atoms with van der Waals surface area (Å²) >= 11 is 0. The molecule has 9 nitrogen and oxygen atoms in total. The van der Waals surface area contributed by atoms with Crippen LogP contribution >= 0.6 is 0 Å². The molecule has 2 fully saturated rings. The van der Waals surface area contributed by atoms with E-state index in [1.165, 1.54) is 4.90 Å². The third-order valence-electron chi connectivity index (χ3n) is 6.56. The maximum atomic E-state index is 12.8. The van der Waals surface area contributed by atoms with Gasteiger partial charge in [-0.2, -0.15) is 0 Å². The first-order valence-electron chi connectivity index (χ1n) is 11.1. The van der Waals surface area contributed by atoms with Gasteiger partial charge in [0, 0.05) is 12.6 Å². The Hall–Kier alpha value is -3.27. The number of hydrogen-bond acceptors (Lipinski definition) is 7. The molecule has 6 rings (SSSR count). The number of fused-ring (bicyclic) bond motifs is 3. The van der Waals surface area contributed by atoms with Gasteiger partial charge in [0.25, 0.3) is 11.8 Å². The Morgan fingerprint density at radius 3 is 2.52 bits per heavy atom. The van der Waals surface area contributed by atoms with Crippen LogP contribution in [0, 0.1) is 0 Å². The standard InChI is InChI=1S/C24H23N3O6/c1-2-26-17-9-13(33-19-12-32-21-18(28)11-31-22(19)21)7-8-16(17)25-20(26)10-27-23(29)14-5-3-4-6-15(14)24(27)30/h3-9,18-19,21-22,28H,2,10-12H2,1H3/t18-,19-,21+,22+/m0/s1. The average Bonchev–Trinajstić information content (AvgIpc) is 3.55. The molecule has 0 unspecified atom stereocenters. The van der Waals surface area contributed by atoms with E-state index < -0.39 is 6.10 Å². The lowest BCUT2D eigenvalue weighted by molar-refractivity contribution is 0.00864. The Morgan fingerprint density at radius 2 is 1.79 bits per heavy atom. The molecule has 0 bridgehead atoms. The van der Waals surface area contributed by atoms with Gasteiger partial charge in [-0.05, 0) is 31.2 Å². The van der Waals surface area contributed by atoms with Gasteiger partial charge in [-0.25, -0.2) is 4.98 Å². The highest BCUT2D eigenvalue weighted by atomic mass is 16.6. The van der Waals surface area contributed by atoms with Crippen molar-refractivity contribution in [3.8, 4) is 5.75 Å². The number of aliphatic hydroxyl groups is 1. The van der Waals surface area contributed by atoms with Crippen LogP contribution in [-0.2, 0) is 22.6 Å². The zero-order valence-electron chi connectivity index (χ0n) is 18.0. The summed E-state index contributed by atoms with van der Waals surface area (Å²) in [4.78, 5) is 31.5. The number of aromatic nitrogens is 2. The van der Waals surface area contributed by atoms with Crippen LogP contribution < -0.4 is 4.74 Å². The fraction of sp³-hybridized carbons (Fsp3) is 0.375. The molecule has 2 amide bonds. The van der Waals surface area contributed by atoms with Crippen molar-refractivity contribution in [2.24, 2.45) is 0 Å². The number of rotatable bonds is 5. The highest BCUT2D eigenvalue weighted by Gasteiger charge is 2.48. The first-order valence-corrected chi connectivity index (χ1v) is 11.1. The van der Waals surface area contributed by atoms with Gasteiger partial charge in [0.05, 0.1) is 41.9 Å². The quantitative estimate of drug-likeness (QED) is 0.592. The minimum atomic E-state index is -0.627. The van der Waals surface area contributed by atoms with Crippen molar-refractivity contribution in [2.75, 3.05) is 13.2 Å². The zero-order chi connectivity index (χ0) is 22.7. The van der Waals surface area contributed by atoms with Crippen molar-refractivity contribution < 1.29 is 28.9 Å². The van der Waals surface area contributed by atoms with Gasteiger partial charge in [0.2, 0.25) is 0 Å². The normalized spacial score (nSPS) is 26.3. The summed E-state index contributed by atoms with van der Waals surface area (Å²) in [6, 6.07) is 12.5. The fourth-order valence-electron chi connectivity index (χ4n) is 4.94. The lowest BCUT2D eigenvalue weighted by Gasteiger charge is -2.18. The lowest BCUT2D eigenvalue weighted by Crippen LogP contribution is -2.34. The van der Waals surface area contributed by atoms with E-state index in [2.05, 4.69) is 0 Å². The van der Waals surface area contributed by atoms with Crippen molar-refractivity contribution in [1.29, 1.82) is 0 Å². The summed E-state index contributed by atoms with van der Waals surface area (Å²) in [5, 5.41) is 9.94. The number of aliphatic hydroxyl groups excluding tert-OH is 1. The monoisotopic (exact) mass is 449 g/mol. The molecule has 0 aliphatic carbocycles. The van der Waals surface area contributed by atoms with Crippen LogP contribution in [0.25, 0.3) is 11.0 Å². The molecular weight excluding hydrogens is 426 g/mol. The number of aryl methyl sites for hydroxylation is 1. The number of nitrogens with zero attached hydrogens (tertiary/aromatic N) is 3. The second kappa shape index (κ2) is 7.65. The van der Waals surface area contributed by atoms with Gasteiger partial charge in [-0.1, -0.05) is 12.1 Å². The highest BCUT2D eigenvalue weighted by Crippen LogP contribution is 2.32.